The maximum absolute atomic E-state index is 12.8. The first-order valence-electron chi connectivity index (χ1n) is 8.35. The second-order valence-electron chi connectivity index (χ2n) is 6.05. The van der Waals surface area contributed by atoms with Gasteiger partial charge in [-0.2, -0.15) is 0 Å². The third-order valence-electron chi connectivity index (χ3n) is 4.52. The number of nitrogens with zero attached hydrogens (tertiary/aromatic N) is 2. The Kier molecular flexibility index (Phi) is 4.65. The summed E-state index contributed by atoms with van der Waals surface area (Å²) in [6.07, 6.45) is 1.82. The number of hydrogen-bond acceptors (Lipinski definition) is 2. The van der Waals surface area contributed by atoms with Crippen LogP contribution < -0.4 is 9.80 Å². The molecule has 0 aliphatic carbocycles. The number of carbonyl (C=O) groups is 2. The van der Waals surface area contributed by atoms with E-state index in [1.54, 1.807) is 9.80 Å². The monoisotopic (exact) mass is 322 g/mol. The average molecular weight is 322 g/mol. The number of benzene rings is 2. The molecule has 0 aromatic heterocycles. The van der Waals surface area contributed by atoms with Gasteiger partial charge in [-0.25, -0.2) is 0 Å². The highest BCUT2D eigenvalue weighted by atomic mass is 16.2. The first-order chi connectivity index (χ1) is 11.6. The number of fused-ring (bicyclic) bond motifs is 1. The van der Waals surface area contributed by atoms with Gasteiger partial charge < -0.3 is 9.80 Å². The minimum absolute atomic E-state index is 0.0466. The van der Waals surface area contributed by atoms with Crippen molar-refractivity contribution in [2.24, 2.45) is 0 Å². The second-order valence-corrected chi connectivity index (χ2v) is 6.05. The molecule has 0 unspecified atom stereocenters. The lowest BCUT2D eigenvalue weighted by Crippen LogP contribution is -2.41. The second kappa shape index (κ2) is 6.87. The number of hydrogen-bond donors (Lipinski definition) is 0. The Balaban J connectivity index is 1.79. The highest BCUT2D eigenvalue weighted by Gasteiger charge is 2.26. The maximum atomic E-state index is 12.8. The summed E-state index contributed by atoms with van der Waals surface area (Å²) in [5.74, 6) is -0.171. The Hall–Kier alpha value is -2.62. The lowest BCUT2D eigenvalue weighted by Gasteiger charge is -2.25. The fraction of sp³-hybridized carbons (Fsp3) is 0.300. The van der Waals surface area contributed by atoms with Crippen molar-refractivity contribution in [2.75, 3.05) is 22.9 Å². The van der Waals surface area contributed by atoms with Crippen LogP contribution >= 0.6 is 0 Å². The van der Waals surface area contributed by atoms with Crippen LogP contribution in [0, 0.1) is 0 Å². The third kappa shape index (κ3) is 3.18. The molecule has 0 bridgehead atoms. The van der Waals surface area contributed by atoms with Gasteiger partial charge in [0.2, 0.25) is 11.8 Å². The van der Waals surface area contributed by atoms with E-state index in [9.17, 15) is 9.59 Å². The van der Waals surface area contributed by atoms with Gasteiger partial charge in [-0.15, -0.1) is 0 Å². The zero-order chi connectivity index (χ0) is 17.1. The Labute approximate surface area is 142 Å². The summed E-state index contributed by atoms with van der Waals surface area (Å²) >= 11 is 0. The standard InChI is InChI=1S/C20H22N2O2/c1-3-16-8-10-18(11-9-16)22(15(2)23)14-20(24)21-13-12-17-6-4-5-7-19(17)21/h4-11H,3,12-14H2,1-2H3. The number of carbonyl (C=O) groups excluding carboxylic acids is 2. The summed E-state index contributed by atoms with van der Waals surface area (Å²) in [6.45, 7) is 4.33. The van der Waals surface area contributed by atoms with Crippen molar-refractivity contribution in [1.82, 2.24) is 0 Å². The van der Waals surface area contributed by atoms with E-state index < -0.39 is 0 Å². The van der Waals surface area contributed by atoms with Crippen molar-refractivity contribution in [3.63, 3.8) is 0 Å². The van der Waals surface area contributed by atoms with Crippen LogP contribution in [0.25, 0.3) is 0 Å². The predicted octanol–water partition coefficient (Wildman–Crippen LogP) is 3.19. The molecule has 0 saturated carbocycles. The van der Waals surface area contributed by atoms with E-state index in [1.165, 1.54) is 18.1 Å². The van der Waals surface area contributed by atoms with Gasteiger partial charge in [-0.05, 0) is 42.2 Å². The van der Waals surface area contributed by atoms with Gasteiger partial charge >= 0.3 is 0 Å². The Morgan fingerprint density at radius 3 is 2.46 bits per heavy atom. The Morgan fingerprint density at radius 2 is 1.79 bits per heavy atom. The third-order valence-corrected chi connectivity index (χ3v) is 4.52. The molecule has 0 N–H and O–H groups in total. The van der Waals surface area contributed by atoms with Gasteiger partial charge in [0.1, 0.15) is 6.54 Å². The summed E-state index contributed by atoms with van der Waals surface area (Å²) in [7, 11) is 0. The number of para-hydroxylation sites is 1. The van der Waals surface area contributed by atoms with E-state index in [2.05, 4.69) is 13.0 Å². The van der Waals surface area contributed by atoms with Crippen LogP contribution in [0.3, 0.4) is 0 Å². The molecule has 1 aliphatic heterocycles. The minimum atomic E-state index is -0.125. The molecule has 24 heavy (non-hydrogen) atoms. The molecule has 0 radical (unpaired) electrons. The molecular weight excluding hydrogens is 300 g/mol. The largest absolute Gasteiger partial charge is 0.310 e. The molecule has 124 valence electrons. The Morgan fingerprint density at radius 1 is 1.08 bits per heavy atom. The van der Waals surface area contributed by atoms with Crippen LogP contribution in [0.1, 0.15) is 25.0 Å². The number of anilines is 2. The molecule has 4 heteroatoms. The SMILES string of the molecule is CCc1ccc(N(CC(=O)N2CCc3ccccc32)C(C)=O)cc1. The smallest absolute Gasteiger partial charge is 0.247 e. The van der Waals surface area contributed by atoms with Crippen molar-refractivity contribution < 1.29 is 9.59 Å². The van der Waals surface area contributed by atoms with Crippen molar-refractivity contribution in [3.8, 4) is 0 Å². The van der Waals surface area contributed by atoms with Gasteiger partial charge in [-0.1, -0.05) is 37.3 Å². The van der Waals surface area contributed by atoms with Crippen LogP contribution in [0.2, 0.25) is 0 Å². The van der Waals surface area contributed by atoms with E-state index in [0.29, 0.717) is 6.54 Å². The normalized spacial score (nSPS) is 12.8. The number of rotatable bonds is 4. The molecule has 4 nitrogen and oxygen atoms in total. The lowest BCUT2D eigenvalue weighted by molar-refractivity contribution is -0.121. The molecule has 2 aromatic rings. The van der Waals surface area contributed by atoms with Gasteiger partial charge in [0.05, 0.1) is 0 Å². The van der Waals surface area contributed by atoms with E-state index in [1.807, 2.05) is 42.5 Å². The summed E-state index contributed by atoms with van der Waals surface area (Å²) in [5, 5.41) is 0. The average Bonchev–Trinajstić information content (AvgIpc) is 3.03. The van der Waals surface area contributed by atoms with Crippen LogP contribution in [-0.2, 0) is 22.4 Å². The van der Waals surface area contributed by atoms with Gasteiger partial charge in [0.15, 0.2) is 0 Å². The van der Waals surface area contributed by atoms with Crippen molar-refractivity contribution in [3.05, 3.63) is 59.7 Å². The lowest BCUT2D eigenvalue weighted by atomic mass is 10.1. The molecule has 0 atom stereocenters. The van der Waals surface area contributed by atoms with E-state index in [4.69, 9.17) is 0 Å². The molecule has 2 aromatic carbocycles. The van der Waals surface area contributed by atoms with Gasteiger partial charge in [0, 0.05) is 24.8 Å². The summed E-state index contributed by atoms with van der Waals surface area (Å²) in [6, 6.07) is 15.8. The topological polar surface area (TPSA) is 40.6 Å². The molecule has 0 fully saturated rings. The first kappa shape index (κ1) is 16.2. The first-order valence-corrected chi connectivity index (χ1v) is 8.35. The van der Waals surface area contributed by atoms with Crippen LogP contribution in [0.15, 0.2) is 48.5 Å². The van der Waals surface area contributed by atoms with Crippen molar-refractivity contribution in [1.29, 1.82) is 0 Å². The molecule has 1 heterocycles. The van der Waals surface area contributed by atoms with E-state index in [-0.39, 0.29) is 18.4 Å². The summed E-state index contributed by atoms with van der Waals surface area (Å²) < 4.78 is 0. The molecule has 0 saturated heterocycles. The fourth-order valence-corrected chi connectivity index (χ4v) is 3.11. The molecule has 3 rings (SSSR count). The van der Waals surface area contributed by atoms with Crippen LogP contribution in [0.5, 0.6) is 0 Å². The predicted molar refractivity (Wildman–Crippen MR) is 96.3 cm³/mol. The minimum Gasteiger partial charge on any atom is -0.310 e. The Bertz CT molecular complexity index is 752. The summed E-state index contributed by atoms with van der Waals surface area (Å²) in [5.41, 5.74) is 4.13. The number of amides is 2. The van der Waals surface area contributed by atoms with E-state index >= 15 is 0 Å². The van der Waals surface area contributed by atoms with Gasteiger partial charge in [0.25, 0.3) is 0 Å². The maximum Gasteiger partial charge on any atom is 0.247 e. The zero-order valence-electron chi connectivity index (χ0n) is 14.2. The highest BCUT2D eigenvalue weighted by Crippen LogP contribution is 2.28. The molecule has 2 amide bonds. The van der Waals surface area contributed by atoms with Crippen molar-refractivity contribution in [2.45, 2.75) is 26.7 Å². The van der Waals surface area contributed by atoms with Crippen LogP contribution in [-0.4, -0.2) is 24.9 Å². The molecular formula is C20H22N2O2. The highest BCUT2D eigenvalue weighted by molar-refractivity contribution is 6.03. The summed E-state index contributed by atoms with van der Waals surface area (Å²) in [4.78, 5) is 28.1. The quantitative estimate of drug-likeness (QED) is 0.867. The molecule has 1 aliphatic rings. The fourth-order valence-electron chi connectivity index (χ4n) is 3.11. The zero-order valence-corrected chi connectivity index (χ0v) is 14.2. The molecule has 0 spiro atoms. The number of aryl methyl sites for hydroxylation is 1. The van der Waals surface area contributed by atoms with Gasteiger partial charge in [-0.3, -0.25) is 9.59 Å². The van der Waals surface area contributed by atoms with Crippen LogP contribution in [0.4, 0.5) is 11.4 Å². The van der Waals surface area contributed by atoms with Crippen molar-refractivity contribution >= 4 is 23.2 Å². The van der Waals surface area contributed by atoms with E-state index in [0.717, 1.165) is 24.2 Å².